The van der Waals surface area contributed by atoms with Crippen LogP contribution < -0.4 is 5.32 Å². The Hall–Kier alpha value is -1.30. The average molecular weight is 258 g/mol. The molecule has 3 nitrogen and oxygen atoms in total. The molecule has 1 aromatic rings. The zero-order valence-corrected chi connectivity index (χ0v) is 9.63. The zero-order chi connectivity index (χ0) is 12.8. The van der Waals surface area contributed by atoms with Crippen LogP contribution in [-0.2, 0) is 6.18 Å². The summed E-state index contributed by atoms with van der Waals surface area (Å²) in [6, 6.07) is 0.926. The standard InChI is InChI=1S/C12H13F3N2O/c13-12(14,15)10-3-9(17-18-10)2-1-8-4-11(5-8)6-16-7-11/h1-3,8,16H,4-7H2. The lowest BCUT2D eigenvalue weighted by molar-refractivity contribution is -0.155. The van der Waals surface area contributed by atoms with Crippen LogP contribution in [0, 0.1) is 11.3 Å². The minimum atomic E-state index is -4.46. The molecule has 0 radical (unpaired) electrons. The first-order valence-electron chi connectivity index (χ1n) is 5.90. The van der Waals surface area contributed by atoms with Crippen LogP contribution in [0.5, 0.6) is 0 Å². The van der Waals surface area contributed by atoms with Gasteiger partial charge in [-0.3, -0.25) is 0 Å². The highest BCUT2D eigenvalue weighted by Gasteiger charge is 2.47. The lowest BCUT2D eigenvalue weighted by atomic mass is 9.58. The molecule has 0 atom stereocenters. The van der Waals surface area contributed by atoms with E-state index in [0.717, 1.165) is 32.0 Å². The molecule has 1 aromatic heterocycles. The monoisotopic (exact) mass is 258 g/mol. The lowest BCUT2D eigenvalue weighted by Gasteiger charge is -2.53. The Morgan fingerprint density at radius 1 is 1.39 bits per heavy atom. The van der Waals surface area contributed by atoms with Gasteiger partial charge in [-0.1, -0.05) is 11.2 Å². The highest BCUT2D eigenvalue weighted by atomic mass is 19.4. The molecule has 98 valence electrons. The normalized spacial score (nSPS) is 23.3. The summed E-state index contributed by atoms with van der Waals surface area (Å²) in [4.78, 5) is 0. The molecule has 2 fully saturated rings. The van der Waals surface area contributed by atoms with Gasteiger partial charge in [0, 0.05) is 19.2 Å². The van der Waals surface area contributed by atoms with Gasteiger partial charge in [-0.15, -0.1) is 0 Å². The number of halogens is 3. The maximum Gasteiger partial charge on any atom is 0.452 e. The second-order valence-electron chi connectivity index (χ2n) is 5.24. The molecule has 18 heavy (non-hydrogen) atoms. The first-order chi connectivity index (χ1) is 8.47. The quantitative estimate of drug-likeness (QED) is 0.886. The first kappa shape index (κ1) is 11.8. The van der Waals surface area contributed by atoms with Crippen molar-refractivity contribution in [2.45, 2.75) is 19.0 Å². The fourth-order valence-electron chi connectivity index (χ4n) is 2.69. The Morgan fingerprint density at radius 3 is 2.61 bits per heavy atom. The third-order valence-electron chi connectivity index (χ3n) is 3.74. The molecule has 1 N–H and O–H groups in total. The fraction of sp³-hybridized carbons (Fsp3) is 0.583. The van der Waals surface area contributed by atoms with Gasteiger partial charge in [0.25, 0.3) is 0 Å². The molecule has 0 unspecified atom stereocenters. The van der Waals surface area contributed by atoms with Crippen LogP contribution in [0.15, 0.2) is 16.7 Å². The van der Waals surface area contributed by atoms with Crippen molar-refractivity contribution in [2.75, 3.05) is 13.1 Å². The summed E-state index contributed by atoms with van der Waals surface area (Å²) in [5.41, 5.74) is 0.700. The Bertz CT molecular complexity index is 466. The largest absolute Gasteiger partial charge is 0.452 e. The minimum absolute atomic E-state index is 0.231. The van der Waals surface area contributed by atoms with Crippen LogP contribution in [0.25, 0.3) is 6.08 Å². The summed E-state index contributed by atoms with van der Waals surface area (Å²) in [5.74, 6) is -0.589. The fourth-order valence-corrected chi connectivity index (χ4v) is 2.69. The summed E-state index contributed by atoms with van der Waals surface area (Å²) >= 11 is 0. The smallest absolute Gasteiger partial charge is 0.351 e. The van der Waals surface area contributed by atoms with E-state index >= 15 is 0 Å². The van der Waals surface area contributed by atoms with Crippen LogP contribution in [0.3, 0.4) is 0 Å². The van der Waals surface area contributed by atoms with Gasteiger partial charge in [0.15, 0.2) is 0 Å². The SMILES string of the molecule is FC(F)(F)c1cc(C=CC2CC3(CNC3)C2)no1. The van der Waals surface area contributed by atoms with E-state index in [2.05, 4.69) is 15.0 Å². The van der Waals surface area contributed by atoms with E-state index in [9.17, 15) is 13.2 Å². The Morgan fingerprint density at radius 2 is 2.11 bits per heavy atom. The second-order valence-corrected chi connectivity index (χ2v) is 5.24. The van der Waals surface area contributed by atoms with Gasteiger partial charge in [-0.05, 0) is 30.3 Å². The number of aromatic nitrogens is 1. The molecule has 2 aliphatic rings. The number of nitrogens with one attached hydrogen (secondary N) is 1. The summed E-state index contributed by atoms with van der Waals surface area (Å²) in [6.45, 7) is 2.14. The number of allylic oxidation sites excluding steroid dienone is 1. The molecule has 1 saturated heterocycles. The third-order valence-corrected chi connectivity index (χ3v) is 3.74. The number of rotatable bonds is 2. The molecule has 0 amide bonds. The maximum atomic E-state index is 12.3. The van der Waals surface area contributed by atoms with Crippen LogP contribution in [-0.4, -0.2) is 18.2 Å². The van der Waals surface area contributed by atoms with Gasteiger partial charge >= 0.3 is 6.18 Å². The predicted octanol–water partition coefficient (Wildman–Crippen LogP) is 2.71. The Labute approximate surface area is 102 Å². The molecule has 3 rings (SSSR count). The van der Waals surface area contributed by atoms with Crippen molar-refractivity contribution in [3.8, 4) is 0 Å². The molecule has 1 spiro atoms. The van der Waals surface area contributed by atoms with Crippen LogP contribution in [0.4, 0.5) is 13.2 Å². The van der Waals surface area contributed by atoms with E-state index in [0.29, 0.717) is 11.3 Å². The summed E-state index contributed by atoms with van der Waals surface area (Å²) in [6.07, 6.45) is 1.31. The van der Waals surface area contributed by atoms with Gasteiger partial charge in [0.05, 0.1) is 0 Å². The van der Waals surface area contributed by atoms with E-state index in [1.807, 2.05) is 6.08 Å². The second kappa shape index (κ2) is 3.85. The summed E-state index contributed by atoms with van der Waals surface area (Å²) < 4.78 is 41.1. The van der Waals surface area contributed by atoms with Gasteiger partial charge in [0.2, 0.25) is 5.76 Å². The number of hydrogen-bond acceptors (Lipinski definition) is 3. The van der Waals surface area contributed by atoms with Crippen LogP contribution in [0.1, 0.15) is 24.3 Å². The predicted molar refractivity (Wildman–Crippen MR) is 58.6 cm³/mol. The Kier molecular flexibility index (Phi) is 2.52. The van der Waals surface area contributed by atoms with Gasteiger partial charge < -0.3 is 9.84 Å². The van der Waals surface area contributed by atoms with Crippen molar-refractivity contribution in [1.82, 2.24) is 10.5 Å². The lowest BCUT2D eigenvalue weighted by Crippen LogP contribution is -2.59. The number of alkyl halides is 3. The molecular formula is C12H13F3N2O. The molecule has 6 heteroatoms. The molecule has 2 heterocycles. The van der Waals surface area contributed by atoms with Crippen LogP contribution in [0.2, 0.25) is 0 Å². The molecule has 1 saturated carbocycles. The van der Waals surface area contributed by atoms with E-state index in [4.69, 9.17) is 0 Å². The summed E-state index contributed by atoms with van der Waals surface area (Å²) in [5, 5.41) is 6.63. The van der Waals surface area contributed by atoms with Gasteiger partial charge in [-0.2, -0.15) is 13.2 Å². The van der Waals surface area contributed by atoms with Crippen molar-refractivity contribution in [2.24, 2.45) is 11.3 Å². The van der Waals surface area contributed by atoms with Crippen molar-refractivity contribution >= 4 is 6.08 Å². The van der Waals surface area contributed by atoms with Crippen molar-refractivity contribution in [3.63, 3.8) is 0 Å². The van der Waals surface area contributed by atoms with E-state index < -0.39 is 11.9 Å². The maximum absolute atomic E-state index is 12.3. The topological polar surface area (TPSA) is 38.1 Å². The minimum Gasteiger partial charge on any atom is -0.351 e. The highest BCUT2D eigenvalue weighted by Crippen LogP contribution is 2.49. The van der Waals surface area contributed by atoms with Crippen molar-refractivity contribution in [1.29, 1.82) is 0 Å². The first-order valence-corrected chi connectivity index (χ1v) is 5.90. The Balaban J connectivity index is 1.58. The molecule has 0 bridgehead atoms. The van der Waals surface area contributed by atoms with Gasteiger partial charge in [-0.25, -0.2) is 0 Å². The van der Waals surface area contributed by atoms with Crippen molar-refractivity contribution in [3.05, 3.63) is 23.6 Å². The highest BCUT2D eigenvalue weighted by molar-refractivity contribution is 5.45. The molecule has 1 aliphatic carbocycles. The van der Waals surface area contributed by atoms with E-state index in [1.54, 1.807) is 6.08 Å². The number of nitrogens with zero attached hydrogens (tertiary/aromatic N) is 1. The third kappa shape index (κ3) is 2.05. The summed E-state index contributed by atoms with van der Waals surface area (Å²) in [7, 11) is 0. The van der Waals surface area contributed by atoms with E-state index in [1.165, 1.54) is 0 Å². The number of hydrogen-bond donors (Lipinski definition) is 1. The zero-order valence-electron chi connectivity index (χ0n) is 9.63. The van der Waals surface area contributed by atoms with Crippen LogP contribution >= 0.6 is 0 Å². The van der Waals surface area contributed by atoms with E-state index in [-0.39, 0.29) is 5.69 Å². The molecule has 1 aliphatic heterocycles. The molecule has 0 aromatic carbocycles. The average Bonchev–Trinajstić information content (AvgIpc) is 2.60. The molecular weight excluding hydrogens is 245 g/mol. The van der Waals surface area contributed by atoms with Gasteiger partial charge in [0.1, 0.15) is 5.69 Å². The van der Waals surface area contributed by atoms with Crippen molar-refractivity contribution < 1.29 is 17.7 Å².